The van der Waals surface area contributed by atoms with Crippen molar-refractivity contribution in [2.45, 2.75) is 6.42 Å². The van der Waals surface area contributed by atoms with Gasteiger partial charge in [0.15, 0.2) is 0 Å². The van der Waals surface area contributed by atoms with Crippen LogP contribution in [-0.2, 0) is 6.42 Å². The van der Waals surface area contributed by atoms with Crippen LogP contribution < -0.4 is 5.56 Å². The van der Waals surface area contributed by atoms with Gasteiger partial charge >= 0.3 is 0 Å². The molecule has 0 fully saturated rings. The number of hydrogen-bond acceptors (Lipinski definition) is 3. The fourth-order valence-corrected chi connectivity index (χ4v) is 3.17. The van der Waals surface area contributed by atoms with Crippen LogP contribution in [0.4, 0.5) is 0 Å². The molecule has 3 heterocycles. The minimum atomic E-state index is -0.157. The smallest absolute Gasteiger partial charge is 0.292 e. The van der Waals surface area contributed by atoms with Crippen LogP contribution in [0.25, 0.3) is 22.6 Å². The Labute approximate surface area is 136 Å². The molecule has 114 valence electrons. The number of hydrogen-bond donors (Lipinski definition) is 1. The maximum atomic E-state index is 12.1. The summed E-state index contributed by atoms with van der Waals surface area (Å²) in [6.45, 7) is 0. The van der Waals surface area contributed by atoms with Crippen molar-refractivity contribution in [3.8, 4) is 16.9 Å². The Morgan fingerprint density at radius 3 is 2.91 bits per heavy atom. The van der Waals surface area contributed by atoms with E-state index in [0.717, 1.165) is 29.1 Å². The van der Waals surface area contributed by atoms with E-state index >= 15 is 0 Å². The van der Waals surface area contributed by atoms with Crippen LogP contribution in [0.1, 0.15) is 11.3 Å². The van der Waals surface area contributed by atoms with Gasteiger partial charge in [0.25, 0.3) is 5.56 Å². The average Bonchev–Trinajstić information content (AvgIpc) is 3.26. The third kappa shape index (κ3) is 1.85. The zero-order valence-corrected chi connectivity index (χ0v) is 12.7. The first kappa shape index (κ1) is 13.8. The monoisotopic (exact) mass is 325 g/mol. The second-order valence-corrected chi connectivity index (χ2v) is 5.38. The second kappa shape index (κ2) is 4.82. The molecule has 1 aliphatic rings. The molecule has 0 aliphatic heterocycles. The Morgan fingerprint density at radius 2 is 2.09 bits per heavy atom. The fraction of sp³-hybridized carbons (Fsp3) is 0.0625. The van der Waals surface area contributed by atoms with Gasteiger partial charge in [-0.25, -0.2) is 9.97 Å². The lowest BCUT2D eigenvalue weighted by molar-refractivity contribution is 0.998. The largest absolute Gasteiger partial charge is 0.317 e. The molecular weight excluding hydrogens is 314 g/mol. The van der Waals surface area contributed by atoms with Gasteiger partial charge < -0.3 is 9.55 Å². The van der Waals surface area contributed by atoms with Crippen LogP contribution in [0.3, 0.4) is 0 Å². The Kier molecular flexibility index (Phi) is 2.89. The Bertz CT molecular complexity index is 1080. The van der Waals surface area contributed by atoms with Gasteiger partial charge in [-0.05, 0) is 17.7 Å². The highest BCUT2D eigenvalue weighted by atomic mass is 35.5. The number of rotatable bonds is 1. The van der Waals surface area contributed by atoms with E-state index in [0.29, 0.717) is 5.65 Å². The third-order valence-electron chi connectivity index (χ3n) is 4.18. The molecule has 0 amide bonds. The lowest BCUT2D eigenvalue weighted by atomic mass is 10.1. The lowest BCUT2D eigenvalue weighted by Crippen LogP contribution is -2.13. The maximum absolute atomic E-state index is 12.1. The highest BCUT2D eigenvalue weighted by molar-refractivity contribution is 5.85. The molecular formula is C16H12ClN5O. The molecule has 3 aromatic heterocycles. The van der Waals surface area contributed by atoms with Crippen molar-refractivity contribution >= 4 is 18.1 Å². The first-order valence-corrected chi connectivity index (χ1v) is 7.01. The number of fused-ring (bicyclic) bond motifs is 5. The zero-order valence-electron chi connectivity index (χ0n) is 11.9. The van der Waals surface area contributed by atoms with Crippen molar-refractivity contribution in [3.05, 3.63) is 70.9 Å². The van der Waals surface area contributed by atoms with Crippen molar-refractivity contribution in [3.63, 3.8) is 0 Å². The van der Waals surface area contributed by atoms with Gasteiger partial charge in [-0.2, -0.15) is 0 Å². The summed E-state index contributed by atoms with van der Waals surface area (Å²) in [7, 11) is 0. The van der Waals surface area contributed by atoms with Gasteiger partial charge in [-0.15, -0.1) is 12.4 Å². The number of benzene rings is 1. The summed E-state index contributed by atoms with van der Waals surface area (Å²) in [6, 6.07) is 6.22. The molecule has 0 saturated heterocycles. The predicted molar refractivity (Wildman–Crippen MR) is 88.4 cm³/mol. The number of imidazole rings is 2. The van der Waals surface area contributed by atoms with Crippen LogP contribution in [-0.4, -0.2) is 23.9 Å². The van der Waals surface area contributed by atoms with E-state index in [2.05, 4.69) is 27.1 Å². The molecule has 0 unspecified atom stereocenters. The van der Waals surface area contributed by atoms with Gasteiger partial charge in [0.2, 0.25) is 5.65 Å². The Hall–Kier alpha value is -2.86. The third-order valence-corrected chi connectivity index (χ3v) is 4.18. The fourth-order valence-electron chi connectivity index (χ4n) is 3.17. The molecule has 23 heavy (non-hydrogen) atoms. The topological polar surface area (TPSA) is 68.0 Å². The van der Waals surface area contributed by atoms with E-state index in [1.54, 1.807) is 18.7 Å². The molecule has 7 heteroatoms. The second-order valence-electron chi connectivity index (χ2n) is 5.38. The SMILES string of the molecule is Cl.O=c1[nH]c2c(n3ccnc13)Cc1cc(-n3ccnc3)ccc1-2. The Balaban J connectivity index is 0.00000135. The van der Waals surface area contributed by atoms with Crippen LogP contribution >= 0.6 is 12.4 Å². The first-order chi connectivity index (χ1) is 10.8. The number of nitrogens with zero attached hydrogens (tertiary/aromatic N) is 4. The molecule has 1 aromatic carbocycles. The number of nitrogens with one attached hydrogen (secondary N) is 1. The first-order valence-electron chi connectivity index (χ1n) is 7.01. The van der Waals surface area contributed by atoms with Gasteiger partial charge in [0, 0.05) is 42.5 Å². The molecule has 6 nitrogen and oxygen atoms in total. The van der Waals surface area contributed by atoms with E-state index in [9.17, 15) is 4.79 Å². The van der Waals surface area contributed by atoms with E-state index < -0.39 is 0 Å². The number of aromatic nitrogens is 5. The van der Waals surface area contributed by atoms with Gasteiger partial charge in [-0.1, -0.05) is 6.07 Å². The molecule has 1 N–H and O–H groups in total. The predicted octanol–water partition coefficient (Wildman–Crippen LogP) is 2.20. The van der Waals surface area contributed by atoms with Crippen molar-refractivity contribution < 1.29 is 0 Å². The van der Waals surface area contributed by atoms with Crippen LogP contribution in [0, 0.1) is 0 Å². The van der Waals surface area contributed by atoms with Crippen LogP contribution in [0.15, 0.2) is 54.1 Å². The van der Waals surface area contributed by atoms with Crippen molar-refractivity contribution in [1.29, 1.82) is 0 Å². The highest BCUT2D eigenvalue weighted by Gasteiger charge is 2.23. The van der Waals surface area contributed by atoms with E-state index in [1.165, 1.54) is 5.56 Å². The van der Waals surface area contributed by atoms with Crippen molar-refractivity contribution in [1.82, 2.24) is 23.9 Å². The van der Waals surface area contributed by atoms with Crippen molar-refractivity contribution in [2.24, 2.45) is 0 Å². The summed E-state index contributed by atoms with van der Waals surface area (Å²) in [5.74, 6) is 0. The maximum Gasteiger partial charge on any atom is 0.292 e. The molecule has 0 radical (unpaired) electrons. The van der Waals surface area contributed by atoms with E-state index in [1.807, 2.05) is 27.4 Å². The standard InChI is InChI=1S/C16H11N5O.ClH/c22-16-15-18-4-6-21(15)13-8-10-7-11(20-5-3-17-9-20)1-2-12(10)14(13)19-16;/h1-7,9H,8H2,(H,19,22);1H. The summed E-state index contributed by atoms with van der Waals surface area (Å²) in [4.78, 5) is 23.3. The average molecular weight is 326 g/mol. The molecule has 0 spiro atoms. The summed E-state index contributed by atoms with van der Waals surface area (Å²) in [5.41, 5.74) is 5.59. The summed E-state index contributed by atoms with van der Waals surface area (Å²) in [5, 5.41) is 0. The molecule has 0 saturated carbocycles. The van der Waals surface area contributed by atoms with Gasteiger partial charge in [0.1, 0.15) is 0 Å². The molecule has 0 bridgehead atoms. The number of H-pyrrole nitrogens is 1. The minimum absolute atomic E-state index is 0. The number of halogens is 1. The Morgan fingerprint density at radius 1 is 1.17 bits per heavy atom. The molecule has 5 rings (SSSR count). The summed E-state index contributed by atoms with van der Waals surface area (Å²) >= 11 is 0. The summed E-state index contributed by atoms with van der Waals surface area (Å²) < 4.78 is 3.85. The highest BCUT2D eigenvalue weighted by Crippen LogP contribution is 2.35. The number of aromatic amines is 1. The quantitative estimate of drug-likeness (QED) is 0.514. The van der Waals surface area contributed by atoms with Crippen LogP contribution in [0.5, 0.6) is 0 Å². The molecule has 1 aliphatic carbocycles. The van der Waals surface area contributed by atoms with Gasteiger partial charge in [0.05, 0.1) is 17.7 Å². The lowest BCUT2D eigenvalue weighted by Gasteiger charge is -2.05. The summed E-state index contributed by atoms with van der Waals surface area (Å²) in [6.07, 6.45) is 9.72. The van der Waals surface area contributed by atoms with Crippen molar-refractivity contribution in [2.75, 3.05) is 0 Å². The zero-order chi connectivity index (χ0) is 14.7. The van der Waals surface area contributed by atoms with Crippen LogP contribution in [0.2, 0.25) is 0 Å². The van der Waals surface area contributed by atoms with E-state index in [4.69, 9.17) is 0 Å². The molecule has 0 atom stereocenters. The normalized spacial score (nSPS) is 12.0. The van der Waals surface area contributed by atoms with Gasteiger partial charge in [-0.3, -0.25) is 9.20 Å². The van der Waals surface area contributed by atoms with E-state index in [-0.39, 0.29) is 18.0 Å². The minimum Gasteiger partial charge on any atom is -0.317 e. The molecule has 4 aromatic rings.